The van der Waals surface area contributed by atoms with Gasteiger partial charge >= 0.3 is 0 Å². The van der Waals surface area contributed by atoms with Crippen LogP contribution < -0.4 is 10.1 Å². The smallest absolute Gasteiger partial charge is 0.123 e. The van der Waals surface area contributed by atoms with Crippen molar-refractivity contribution in [1.82, 2.24) is 5.32 Å². The molecule has 1 aromatic carbocycles. The number of methoxy groups -OCH3 is 1. The van der Waals surface area contributed by atoms with Crippen molar-refractivity contribution in [2.45, 2.75) is 26.4 Å². The fourth-order valence-corrected chi connectivity index (χ4v) is 1.88. The summed E-state index contributed by atoms with van der Waals surface area (Å²) in [5.74, 6) is 2.92. The molecule has 0 radical (unpaired) electrons. The Morgan fingerprint density at radius 1 is 1.06 bits per heavy atom. The Kier molecular flexibility index (Phi) is 4.42. The fourth-order valence-electron chi connectivity index (χ4n) is 1.88. The van der Waals surface area contributed by atoms with Gasteiger partial charge < -0.3 is 14.5 Å². The van der Waals surface area contributed by atoms with Crippen molar-refractivity contribution in [3.8, 4) is 5.75 Å². The van der Waals surface area contributed by atoms with E-state index in [4.69, 9.17) is 9.15 Å². The second-order valence-corrected chi connectivity index (χ2v) is 4.14. The van der Waals surface area contributed by atoms with Gasteiger partial charge in [-0.05, 0) is 18.2 Å². The van der Waals surface area contributed by atoms with Crippen LogP contribution in [0, 0.1) is 0 Å². The van der Waals surface area contributed by atoms with Gasteiger partial charge in [-0.25, -0.2) is 0 Å². The van der Waals surface area contributed by atoms with Crippen LogP contribution in [-0.2, 0) is 19.5 Å². The summed E-state index contributed by atoms with van der Waals surface area (Å²) >= 11 is 0. The normalized spacial score (nSPS) is 10.6. The fraction of sp³-hybridized carbons (Fsp3) is 0.333. The molecule has 0 fully saturated rings. The van der Waals surface area contributed by atoms with Crippen molar-refractivity contribution >= 4 is 0 Å². The minimum atomic E-state index is 0.734. The molecule has 0 saturated carbocycles. The minimum absolute atomic E-state index is 0.734. The van der Waals surface area contributed by atoms with Crippen LogP contribution in [0.25, 0.3) is 0 Å². The monoisotopic (exact) mass is 245 g/mol. The van der Waals surface area contributed by atoms with Crippen molar-refractivity contribution in [3.05, 3.63) is 53.5 Å². The summed E-state index contributed by atoms with van der Waals surface area (Å²) in [5, 5.41) is 3.36. The zero-order valence-corrected chi connectivity index (χ0v) is 10.9. The Bertz CT molecular complexity index is 491. The van der Waals surface area contributed by atoms with E-state index in [1.807, 2.05) is 30.3 Å². The van der Waals surface area contributed by atoms with Crippen LogP contribution in [0.1, 0.15) is 24.0 Å². The molecule has 96 valence electrons. The highest BCUT2D eigenvalue weighted by Gasteiger charge is 2.03. The van der Waals surface area contributed by atoms with Crippen LogP contribution in [0.2, 0.25) is 0 Å². The molecular formula is C15H19NO2. The average molecular weight is 245 g/mol. The van der Waals surface area contributed by atoms with Gasteiger partial charge in [0, 0.05) is 18.5 Å². The molecule has 3 nitrogen and oxygen atoms in total. The molecular weight excluding hydrogens is 226 g/mol. The lowest BCUT2D eigenvalue weighted by atomic mass is 10.2. The third kappa shape index (κ3) is 3.14. The number of nitrogens with one attached hydrogen (secondary N) is 1. The highest BCUT2D eigenvalue weighted by molar-refractivity contribution is 5.32. The number of para-hydroxylation sites is 1. The van der Waals surface area contributed by atoms with E-state index in [9.17, 15) is 0 Å². The van der Waals surface area contributed by atoms with E-state index in [0.717, 1.165) is 42.3 Å². The van der Waals surface area contributed by atoms with E-state index < -0.39 is 0 Å². The summed E-state index contributed by atoms with van der Waals surface area (Å²) in [5.41, 5.74) is 1.15. The summed E-state index contributed by atoms with van der Waals surface area (Å²) in [6, 6.07) is 12.1. The molecule has 0 amide bonds. The number of furan rings is 1. The van der Waals surface area contributed by atoms with Gasteiger partial charge in [0.25, 0.3) is 0 Å². The molecule has 1 N–H and O–H groups in total. The number of aryl methyl sites for hydroxylation is 1. The molecule has 1 heterocycles. The summed E-state index contributed by atoms with van der Waals surface area (Å²) in [6.45, 7) is 3.59. The second-order valence-electron chi connectivity index (χ2n) is 4.14. The van der Waals surface area contributed by atoms with Crippen LogP contribution in [0.4, 0.5) is 0 Å². The number of hydrogen-bond acceptors (Lipinski definition) is 3. The highest BCUT2D eigenvalue weighted by atomic mass is 16.5. The predicted octanol–water partition coefficient (Wildman–Crippen LogP) is 3.14. The summed E-state index contributed by atoms with van der Waals surface area (Å²) < 4.78 is 10.9. The maximum Gasteiger partial charge on any atom is 0.123 e. The molecule has 2 rings (SSSR count). The number of rotatable bonds is 6. The Balaban J connectivity index is 1.88. The van der Waals surface area contributed by atoms with Crippen LogP contribution in [0.15, 0.2) is 40.8 Å². The topological polar surface area (TPSA) is 34.4 Å². The Morgan fingerprint density at radius 2 is 1.83 bits per heavy atom. The van der Waals surface area contributed by atoms with Crippen molar-refractivity contribution in [3.63, 3.8) is 0 Å². The van der Waals surface area contributed by atoms with Crippen LogP contribution >= 0.6 is 0 Å². The molecule has 1 aromatic heterocycles. The average Bonchev–Trinajstić information content (AvgIpc) is 2.87. The summed E-state index contributed by atoms with van der Waals surface area (Å²) in [4.78, 5) is 0. The molecule has 0 aliphatic carbocycles. The summed E-state index contributed by atoms with van der Waals surface area (Å²) in [6.07, 6.45) is 0.937. The maximum atomic E-state index is 5.63. The first-order chi connectivity index (χ1) is 8.83. The molecule has 0 bridgehead atoms. The second kappa shape index (κ2) is 6.26. The SMILES string of the molecule is CCc1ccc(CNCc2ccccc2OC)o1. The Labute approximate surface area is 108 Å². The van der Waals surface area contributed by atoms with Crippen LogP contribution in [0.3, 0.4) is 0 Å². The first-order valence-corrected chi connectivity index (χ1v) is 6.23. The first kappa shape index (κ1) is 12.7. The van der Waals surface area contributed by atoms with Gasteiger partial charge in [-0.2, -0.15) is 0 Å². The standard InChI is InChI=1S/C15H19NO2/c1-3-13-8-9-14(18-13)11-16-10-12-6-4-5-7-15(12)17-2/h4-9,16H,3,10-11H2,1-2H3. The van der Waals surface area contributed by atoms with Gasteiger partial charge in [-0.3, -0.25) is 0 Å². The van der Waals surface area contributed by atoms with E-state index >= 15 is 0 Å². The van der Waals surface area contributed by atoms with Crippen molar-refractivity contribution in [2.75, 3.05) is 7.11 Å². The lowest BCUT2D eigenvalue weighted by Crippen LogP contribution is -2.12. The Morgan fingerprint density at radius 3 is 2.56 bits per heavy atom. The van der Waals surface area contributed by atoms with Gasteiger partial charge in [0.15, 0.2) is 0 Å². The maximum absolute atomic E-state index is 5.63. The Hall–Kier alpha value is -1.74. The minimum Gasteiger partial charge on any atom is -0.496 e. The van der Waals surface area contributed by atoms with E-state index in [0.29, 0.717) is 0 Å². The molecule has 0 aliphatic rings. The van der Waals surface area contributed by atoms with E-state index in [1.54, 1.807) is 7.11 Å². The highest BCUT2D eigenvalue weighted by Crippen LogP contribution is 2.17. The van der Waals surface area contributed by atoms with E-state index in [-0.39, 0.29) is 0 Å². The van der Waals surface area contributed by atoms with Gasteiger partial charge in [-0.15, -0.1) is 0 Å². The van der Waals surface area contributed by atoms with Gasteiger partial charge in [0.2, 0.25) is 0 Å². The van der Waals surface area contributed by atoms with Crippen molar-refractivity contribution < 1.29 is 9.15 Å². The van der Waals surface area contributed by atoms with E-state index in [1.165, 1.54) is 0 Å². The summed E-state index contributed by atoms with van der Waals surface area (Å²) in [7, 11) is 1.69. The largest absolute Gasteiger partial charge is 0.496 e. The molecule has 0 unspecified atom stereocenters. The first-order valence-electron chi connectivity index (χ1n) is 6.23. The van der Waals surface area contributed by atoms with Crippen LogP contribution in [0.5, 0.6) is 5.75 Å². The lowest BCUT2D eigenvalue weighted by Gasteiger charge is -2.08. The molecule has 0 spiro atoms. The molecule has 3 heteroatoms. The van der Waals surface area contributed by atoms with Gasteiger partial charge in [0.05, 0.1) is 13.7 Å². The predicted molar refractivity (Wildman–Crippen MR) is 71.6 cm³/mol. The molecule has 0 atom stereocenters. The third-order valence-electron chi connectivity index (χ3n) is 2.87. The lowest BCUT2D eigenvalue weighted by molar-refractivity contribution is 0.405. The van der Waals surface area contributed by atoms with Crippen LogP contribution in [-0.4, -0.2) is 7.11 Å². The molecule has 0 saturated heterocycles. The van der Waals surface area contributed by atoms with Gasteiger partial charge in [-0.1, -0.05) is 25.1 Å². The van der Waals surface area contributed by atoms with E-state index in [2.05, 4.69) is 18.3 Å². The number of hydrogen-bond donors (Lipinski definition) is 1. The third-order valence-corrected chi connectivity index (χ3v) is 2.87. The zero-order valence-electron chi connectivity index (χ0n) is 10.9. The quantitative estimate of drug-likeness (QED) is 0.849. The number of benzene rings is 1. The van der Waals surface area contributed by atoms with Gasteiger partial charge in [0.1, 0.15) is 17.3 Å². The van der Waals surface area contributed by atoms with Crippen molar-refractivity contribution in [1.29, 1.82) is 0 Å². The molecule has 0 aliphatic heterocycles. The molecule has 2 aromatic rings. The zero-order chi connectivity index (χ0) is 12.8. The molecule has 18 heavy (non-hydrogen) atoms. The van der Waals surface area contributed by atoms with Crippen molar-refractivity contribution in [2.24, 2.45) is 0 Å². The number of ether oxygens (including phenoxy) is 1.